The van der Waals surface area contributed by atoms with Crippen LogP contribution in [0.15, 0.2) is 41.4 Å². The summed E-state index contributed by atoms with van der Waals surface area (Å²) in [5.41, 5.74) is 0.777. The summed E-state index contributed by atoms with van der Waals surface area (Å²) in [5.74, 6) is 0.174. The molecule has 0 spiro atoms. The molecule has 2 aliphatic heterocycles. The lowest BCUT2D eigenvalue weighted by Gasteiger charge is -2.33. The summed E-state index contributed by atoms with van der Waals surface area (Å²) in [6.07, 6.45) is 3.78. The summed E-state index contributed by atoms with van der Waals surface area (Å²) in [5, 5.41) is 6.61. The van der Waals surface area contributed by atoms with Gasteiger partial charge in [-0.1, -0.05) is 41.9 Å². The minimum absolute atomic E-state index is 0.00759. The second-order valence-corrected chi connectivity index (χ2v) is 9.02. The summed E-state index contributed by atoms with van der Waals surface area (Å²) in [4.78, 5) is 14.8. The third kappa shape index (κ3) is 3.98. The lowest BCUT2D eigenvalue weighted by molar-refractivity contribution is 0.462. The number of rotatable bonds is 4. The van der Waals surface area contributed by atoms with Crippen molar-refractivity contribution in [3.63, 3.8) is 0 Å². The van der Waals surface area contributed by atoms with E-state index in [2.05, 4.69) is 31.9 Å². The van der Waals surface area contributed by atoms with Crippen LogP contribution in [0.25, 0.3) is 22.8 Å². The van der Waals surface area contributed by atoms with E-state index >= 15 is 4.39 Å². The smallest absolute Gasteiger partial charge is 0.225 e. The zero-order valence-corrected chi connectivity index (χ0v) is 18.9. The molecule has 2 unspecified atom stereocenters. The largest absolute Gasteiger partial charge is 0.353 e. The van der Waals surface area contributed by atoms with Gasteiger partial charge in [0.05, 0.1) is 5.22 Å². The van der Waals surface area contributed by atoms with E-state index in [9.17, 15) is 0 Å². The van der Waals surface area contributed by atoms with Crippen molar-refractivity contribution in [2.45, 2.75) is 31.3 Å². The Balaban J connectivity index is 1.65. The molecule has 32 heavy (non-hydrogen) atoms. The molecule has 8 heteroatoms. The topological polar surface area (TPSA) is 53.4 Å². The number of nitrogens with zero attached hydrogens (tertiary/aromatic N) is 4. The maximum absolute atomic E-state index is 15.8. The predicted molar refractivity (Wildman–Crippen MR) is 130 cm³/mol. The Morgan fingerprint density at radius 2 is 1.88 bits per heavy atom. The van der Waals surface area contributed by atoms with E-state index in [0.29, 0.717) is 28.1 Å². The molecule has 5 nitrogen and oxygen atoms in total. The Labute approximate surface area is 195 Å². The van der Waals surface area contributed by atoms with Crippen LogP contribution in [0.1, 0.15) is 18.4 Å². The second-order valence-electron chi connectivity index (χ2n) is 8.27. The van der Waals surface area contributed by atoms with Gasteiger partial charge in [-0.15, -0.1) is 0 Å². The Morgan fingerprint density at radius 1 is 1.16 bits per heavy atom. The van der Waals surface area contributed by atoms with Gasteiger partial charge in [0.2, 0.25) is 5.28 Å². The molecule has 0 radical (unpaired) electrons. The molecule has 5 rings (SSSR count). The summed E-state index contributed by atoms with van der Waals surface area (Å²) < 4.78 is 15.8. The SMILES string of the molecule is C=N/C=c1/c(N2CC3CCC(C2)N3)nc(Cl)n/c1=C(\F)Cc1cccc2cccc(Cl)c12. The Kier molecular flexibility index (Phi) is 5.84. The first kappa shape index (κ1) is 21.3. The fourth-order valence-corrected chi connectivity index (χ4v) is 5.29. The lowest BCUT2D eigenvalue weighted by atomic mass is 10.0. The van der Waals surface area contributed by atoms with Crippen LogP contribution >= 0.6 is 23.2 Å². The number of hydrogen-bond donors (Lipinski definition) is 1. The summed E-state index contributed by atoms with van der Waals surface area (Å²) >= 11 is 12.7. The molecule has 1 N–H and O–H groups in total. The van der Waals surface area contributed by atoms with Gasteiger partial charge < -0.3 is 10.2 Å². The molecule has 2 aromatic carbocycles. The van der Waals surface area contributed by atoms with Gasteiger partial charge in [-0.2, -0.15) is 4.98 Å². The van der Waals surface area contributed by atoms with Crippen molar-refractivity contribution in [1.82, 2.24) is 15.3 Å². The van der Waals surface area contributed by atoms with E-state index in [4.69, 9.17) is 23.2 Å². The molecule has 3 heterocycles. The number of anilines is 1. The summed E-state index contributed by atoms with van der Waals surface area (Å²) in [7, 11) is 0. The number of piperazine rings is 1. The highest BCUT2D eigenvalue weighted by atomic mass is 35.5. The van der Waals surface area contributed by atoms with Crippen molar-refractivity contribution in [2.24, 2.45) is 4.99 Å². The number of halogens is 3. The second kappa shape index (κ2) is 8.77. The van der Waals surface area contributed by atoms with Gasteiger partial charge in [0.25, 0.3) is 0 Å². The number of nitrogens with one attached hydrogen (secondary N) is 1. The number of aliphatic imine (C=N–C) groups is 1. The monoisotopic (exact) mass is 469 g/mol. The maximum Gasteiger partial charge on any atom is 0.225 e. The standard InChI is InChI=1S/C24H22Cl2FN5/c1-28-11-18-22(20(27)10-15-6-2-4-14-5-3-7-19(25)21(14)15)30-24(26)31-23(18)32-12-16-8-9-17(13-32)29-16/h2-7,11,16-17,29H,1,8-10,12-13H2/b18-11+,22-20-. The highest BCUT2D eigenvalue weighted by Crippen LogP contribution is 2.28. The summed E-state index contributed by atoms with van der Waals surface area (Å²) in [6, 6.07) is 12.2. The molecular formula is C24H22Cl2FN5. The first-order valence-corrected chi connectivity index (χ1v) is 11.3. The van der Waals surface area contributed by atoms with Crippen molar-refractivity contribution in [1.29, 1.82) is 0 Å². The average Bonchev–Trinajstić information content (AvgIpc) is 3.12. The number of hydrogen-bond acceptors (Lipinski definition) is 5. The molecule has 0 saturated carbocycles. The first-order valence-electron chi connectivity index (χ1n) is 10.6. The number of aromatic nitrogens is 2. The average molecular weight is 470 g/mol. The Morgan fingerprint density at radius 3 is 2.59 bits per heavy atom. The van der Waals surface area contributed by atoms with Gasteiger partial charge >= 0.3 is 0 Å². The van der Waals surface area contributed by atoms with Crippen LogP contribution in [-0.2, 0) is 6.42 Å². The highest BCUT2D eigenvalue weighted by molar-refractivity contribution is 6.35. The van der Waals surface area contributed by atoms with Crippen LogP contribution in [-0.4, -0.2) is 41.9 Å². The molecule has 2 bridgehead atoms. The van der Waals surface area contributed by atoms with Gasteiger partial charge in [-0.05, 0) is 48.2 Å². The van der Waals surface area contributed by atoms with E-state index in [1.54, 1.807) is 0 Å². The van der Waals surface area contributed by atoms with Crippen molar-refractivity contribution in [3.05, 3.63) is 62.8 Å². The van der Waals surface area contributed by atoms with Crippen LogP contribution in [0.5, 0.6) is 0 Å². The third-order valence-corrected chi connectivity index (χ3v) is 6.66. The lowest BCUT2D eigenvalue weighted by Crippen LogP contribution is -2.53. The maximum atomic E-state index is 15.8. The molecule has 3 aromatic rings. The predicted octanol–water partition coefficient (Wildman–Crippen LogP) is 3.64. The van der Waals surface area contributed by atoms with Gasteiger partial charge in [0.1, 0.15) is 17.0 Å². The molecule has 2 atom stereocenters. The molecule has 0 aliphatic carbocycles. The van der Waals surface area contributed by atoms with Crippen molar-refractivity contribution in [2.75, 3.05) is 18.0 Å². The van der Waals surface area contributed by atoms with Crippen LogP contribution < -0.4 is 20.8 Å². The van der Waals surface area contributed by atoms with E-state index in [1.807, 2.05) is 36.4 Å². The molecule has 1 aromatic heterocycles. The Bertz CT molecular complexity index is 1310. The normalized spacial score (nSPS) is 21.8. The van der Waals surface area contributed by atoms with Gasteiger partial charge in [0, 0.05) is 48.2 Å². The fourth-order valence-electron chi connectivity index (χ4n) is 4.83. The van der Waals surface area contributed by atoms with Crippen molar-refractivity contribution in [3.8, 4) is 0 Å². The van der Waals surface area contributed by atoms with E-state index in [-0.39, 0.29) is 17.1 Å². The van der Waals surface area contributed by atoms with E-state index < -0.39 is 5.83 Å². The minimum atomic E-state index is -0.420. The van der Waals surface area contributed by atoms with Gasteiger partial charge in [0.15, 0.2) is 0 Å². The first-order chi connectivity index (χ1) is 15.5. The third-order valence-electron chi connectivity index (χ3n) is 6.18. The zero-order chi connectivity index (χ0) is 22.2. The van der Waals surface area contributed by atoms with E-state index in [0.717, 1.165) is 42.3 Å². The van der Waals surface area contributed by atoms with Crippen molar-refractivity contribution < 1.29 is 4.39 Å². The number of benzene rings is 2. The zero-order valence-electron chi connectivity index (χ0n) is 17.4. The van der Waals surface area contributed by atoms with Crippen LogP contribution in [0.3, 0.4) is 0 Å². The van der Waals surface area contributed by atoms with Crippen LogP contribution in [0.4, 0.5) is 10.2 Å². The quantitative estimate of drug-likeness (QED) is 0.468. The molecule has 2 fully saturated rings. The molecule has 2 saturated heterocycles. The molecule has 164 valence electrons. The molecule has 0 amide bonds. The minimum Gasteiger partial charge on any atom is -0.353 e. The fraction of sp³-hybridized carbons (Fsp3) is 0.292. The Hall–Kier alpha value is -2.54. The van der Waals surface area contributed by atoms with Gasteiger partial charge in [-0.25, -0.2) is 9.37 Å². The van der Waals surface area contributed by atoms with Gasteiger partial charge in [-0.3, -0.25) is 4.99 Å². The molecular weight excluding hydrogens is 448 g/mol. The van der Waals surface area contributed by atoms with Crippen molar-refractivity contribution >= 4 is 58.5 Å². The molecule has 2 aliphatic rings. The van der Waals surface area contributed by atoms with Crippen LogP contribution in [0, 0.1) is 0 Å². The van der Waals surface area contributed by atoms with E-state index in [1.165, 1.54) is 6.20 Å². The summed E-state index contributed by atoms with van der Waals surface area (Å²) in [6.45, 7) is 5.13. The number of fused-ring (bicyclic) bond motifs is 3. The highest BCUT2D eigenvalue weighted by Gasteiger charge is 2.33. The van der Waals surface area contributed by atoms with Crippen LogP contribution in [0.2, 0.25) is 10.3 Å².